The van der Waals surface area contributed by atoms with Gasteiger partial charge in [-0.25, -0.2) is 21.9 Å². The highest BCUT2D eigenvalue weighted by molar-refractivity contribution is 7.89. The van der Waals surface area contributed by atoms with Gasteiger partial charge < -0.3 is 0 Å². The Balaban J connectivity index is 1.63. The Morgan fingerprint density at radius 1 is 1.12 bits per heavy atom. The molecule has 0 spiro atoms. The van der Waals surface area contributed by atoms with Crippen molar-refractivity contribution in [1.82, 2.24) is 4.72 Å². The summed E-state index contributed by atoms with van der Waals surface area (Å²) < 4.78 is 55.8. The Kier molecular flexibility index (Phi) is 4.63. The first kappa shape index (κ1) is 18.4. The fraction of sp³-hybridized carbons (Fsp3) is 0.700. The summed E-state index contributed by atoms with van der Waals surface area (Å²) in [5.74, 6) is 0.346. The van der Waals surface area contributed by atoms with E-state index in [-0.39, 0.29) is 11.5 Å². The molecule has 1 aromatic rings. The zero-order chi connectivity index (χ0) is 18.5. The highest BCUT2D eigenvalue weighted by atomic mass is 32.2. The fourth-order valence-electron chi connectivity index (χ4n) is 6.33. The first-order valence-corrected chi connectivity index (χ1v) is 11.3. The lowest BCUT2D eigenvalue weighted by molar-refractivity contribution is -0.0713. The number of hydrogen-bond acceptors (Lipinski definition) is 2. The van der Waals surface area contributed by atoms with E-state index in [1.54, 1.807) is 0 Å². The van der Waals surface area contributed by atoms with Crippen LogP contribution in [0.1, 0.15) is 58.3 Å². The molecule has 0 aromatic heterocycles. The van der Waals surface area contributed by atoms with Gasteiger partial charge in [0.15, 0.2) is 0 Å². The van der Waals surface area contributed by atoms with Gasteiger partial charge in [0.2, 0.25) is 10.0 Å². The third-order valence-corrected chi connectivity index (χ3v) is 8.39. The van der Waals surface area contributed by atoms with E-state index in [1.807, 2.05) is 0 Å². The summed E-state index contributed by atoms with van der Waals surface area (Å²) in [6.45, 7) is 2.06. The van der Waals surface area contributed by atoms with Crippen molar-refractivity contribution in [2.75, 3.05) is 0 Å². The molecule has 0 saturated heterocycles. The van der Waals surface area contributed by atoms with Crippen LogP contribution in [0.5, 0.6) is 0 Å². The Morgan fingerprint density at radius 2 is 1.69 bits per heavy atom. The number of benzene rings is 1. The molecule has 4 aliphatic rings. The van der Waals surface area contributed by atoms with E-state index >= 15 is 0 Å². The topological polar surface area (TPSA) is 46.2 Å². The molecular formula is C20H27F2NO2S. The van der Waals surface area contributed by atoms with Gasteiger partial charge in [-0.05, 0) is 80.2 Å². The van der Waals surface area contributed by atoms with E-state index in [9.17, 15) is 17.2 Å². The number of sulfonamides is 1. The lowest BCUT2D eigenvalue weighted by Crippen LogP contribution is -2.56. The number of nitrogens with one attached hydrogen (secondary N) is 1. The summed E-state index contributed by atoms with van der Waals surface area (Å²) in [5, 5.41) is 0. The molecule has 4 saturated carbocycles. The highest BCUT2D eigenvalue weighted by Gasteiger charge is 2.54. The maximum absolute atomic E-state index is 14.1. The van der Waals surface area contributed by atoms with E-state index in [1.165, 1.54) is 19.3 Å². The minimum Gasteiger partial charge on any atom is -0.207 e. The van der Waals surface area contributed by atoms with E-state index < -0.39 is 26.6 Å². The molecule has 1 atom stereocenters. The van der Waals surface area contributed by atoms with Gasteiger partial charge in [0, 0.05) is 12.1 Å². The molecule has 4 bridgehead atoms. The zero-order valence-corrected chi connectivity index (χ0v) is 16.0. The number of halogens is 2. The Hall–Kier alpha value is -1.01. The van der Waals surface area contributed by atoms with Crippen molar-refractivity contribution in [1.29, 1.82) is 0 Å². The largest absolute Gasteiger partial charge is 0.243 e. The Bertz CT molecular complexity index is 758. The predicted molar refractivity (Wildman–Crippen MR) is 96.0 cm³/mol. The van der Waals surface area contributed by atoms with Gasteiger partial charge in [-0.2, -0.15) is 0 Å². The van der Waals surface area contributed by atoms with Crippen molar-refractivity contribution in [2.45, 2.75) is 69.2 Å². The van der Waals surface area contributed by atoms with Crippen LogP contribution in [-0.4, -0.2) is 14.5 Å². The molecule has 26 heavy (non-hydrogen) atoms. The molecule has 4 aliphatic carbocycles. The van der Waals surface area contributed by atoms with Crippen LogP contribution in [0.25, 0.3) is 0 Å². The second-order valence-corrected chi connectivity index (χ2v) is 10.5. The first-order chi connectivity index (χ1) is 12.3. The molecule has 4 fully saturated rings. The predicted octanol–water partition coefficient (Wildman–Crippen LogP) is 4.63. The lowest BCUT2D eigenvalue weighted by Gasteiger charge is -2.59. The van der Waals surface area contributed by atoms with Crippen LogP contribution in [-0.2, 0) is 10.0 Å². The van der Waals surface area contributed by atoms with Crippen molar-refractivity contribution in [3.63, 3.8) is 0 Å². The second-order valence-electron chi connectivity index (χ2n) is 8.82. The second kappa shape index (κ2) is 6.55. The standard InChI is InChI=1S/C20H27F2NO2S/c1-2-3-19(20-10-13-6-14(11-20)8-15(7-13)12-20)23-26(24,25)18-5-4-16(21)9-17(18)22/h4-5,9,13-15,19,23H,2-3,6-8,10-12H2,1H3. The zero-order valence-electron chi connectivity index (χ0n) is 15.2. The molecule has 1 aromatic carbocycles. The molecule has 144 valence electrons. The first-order valence-electron chi connectivity index (χ1n) is 9.79. The summed E-state index contributed by atoms with van der Waals surface area (Å²) in [4.78, 5) is -0.454. The van der Waals surface area contributed by atoms with Crippen LogP contribution in [0, 0.1) is 34.8 Å². The maximum Gasteiger partial charge on any atom is 0.243 e. The van der Waals surface area contributed by atoms with Gasteiger partial charge >= 0.3 is 0 Å². The monoisotopic (exact) mass is 383 g/mol. The maximum atomic E-state index is 14.1. The summed E-state index contributed by atoms with van der Waals surface area (Å²) in [5.41, 5.74) is 0.00827. The Morgan fingerprint density at radius 3 is 2.19 bits per heavy atom. The molecule has 6 heteroatoms. The summed E-state index contributed by atoms with van der Waals surface area (Å²) >= 11 is 0. The van der Waals surface area contributed by atoms with Gasteiger partial charge in [0.25, 0.3) is 0 Å². The van der Waals surface area contributed by atoms with E-state index in [4.69, 9.17) is 0 Å². The van der Waals surface area contributed by atoms with Crippen LogP contribution in [0.3, 0.4) is 0 Å². The van der Waals surface area contributed by atoms with E-state index in [0.29, 0.717) is 23.8 Å². The van der Waals surface area contributed by atoms with Crippen molar-refractivity contribution in [3.05, 3.63) is 29.8 Å². The summed E-state index contributed by atoms with van der Waals surface area (Å²) in [6, 6.07) is 2.48. The minimum atomic E-state index is -4.01. The number of hydrogen-bond donors (Lipinski definition) is 1. The molecule has 0 aliphatic heterocycles. The van der Waals surface area contributed by atoms with Gasteiger partial charge in [0.1, 0.15) is 16.5 Å². The SMILES string of the molecule is CCCC(NS(=O)(=O)c1ccc(F)cc1F)C12CC3CC(CC(C3)C1)C2. The van der Waals surface area contributed by atoms with Gasteiger partial charge in [-0.3, -0.25) is 0 Å². The lowest BCUT2D eigenvalue weighted by atomic mass is 9.47. The van der Waals surface area contributed by atoms with Crippen LogP contribution in [0.4, 0.5) is 8.78 Å². The molecule has 3 nitrogen and oxygen atoms in total. The van der Waals surface area contributed by atoms with Crippen LogP contribution in [0.15, 0.2) is 23.1 Å². The fourth-order valence-corrected chi connectivity index (χ4v) is 7.76. The molecule has 0 radical (unpaired) electrons. The van der Waals surface area contributed by atoms with Crippen molar-refractivity contribution in [2.24, 2.45) is 23.2 Å². The Labute approximate surface area is 154 Å². The molecule has 0 amide bonds. The van der Waals surface area contributed by atoms with Crippen molar-refractivity contribution < 1.29 is 17.2 Å². The van der Waals surface area contributed by atoms with Gasteiger partial charge in [0.05, 0.1) is 0 Å². The molecule has 1 N–H and O–H groups in total. The van der Waals surface area contributed by atoms with Crippen molar-refractivity contribution >= 4 is 10.0 Å². The van der Waals surface area contributed by atoms with E-state index in [0.717, 1.165) is 44.2 Å². The van der Waals surface area contributed by atoms with Crippen molar-refractivity contribution in [3.8, 4) is 0 Å². The van der Waals surface area contributed by atoms with Crippen LogP contribution >= 0.6 is 0 Å². The van der Waals surface area contributed by atoms with Gasteiger partial charge in [-0.1, -0.05) is 13.3 Å². The average molecular weight is 384 g/mol. The minimum absolute atomic E-state index is 0.00827. The molecule has 1 unspecified atom stereocenters. The average Bonchev–Trinajstić information content (AvgIpc) is 2.52. The van der Waals surface area contributed by atoms with Crippen LogP contribution < -0.4 is 4.72 Å². The number of rotatable bonds is 6. The molecule has 5 rings (SSSR count). The normalized spacial score (nSPS) is 34.2. The van der Waals surface area contributed by atoms with E-state index in [2.05, 4.69) is 11.6 Å². The third kappa shape index (κ3) is 3.19. The molecule has 0 heterocycles. The smallest absolute Gasteiger partial charge is 0.207 e. The van der Waals surface area contributed by atoms with Crippen LogP contribution in [0.2, 0.25) is 0 Å². The summed E-state index contributed by atoms with van der Waals surface area (Å²) in [7, 11) is -4.01. The summed E-state index contributed by atoms with van der Waals surface area (Å²) in [6.07, 6.45) is 8.75. The van der Waals surface area contributed by atoms with Gasteiger partial charge in [-0.15, -0.1) is 0 Å². The third-order valence-electron chi connectivity index (χ3n) is 6.88. The highest BCUT2D eigenvalue weighted by Crippen LogP contribution is 2.61. The quantitative estimate of drug-likeness (QED) is 0.779. The molecular weight excluding hydrogens is 356 g/mol.